The molecule has 150 valence electrons. The number of nitrogens with zero attached hydrogens (tertiary/aromatic N) is 3. The molecule has 7 nitrogen and oxygen atoms in total. The number of aliphatic imine (C=N–C) groups is 1. The van der Waals surface area contributed by atoms with Crippen molar-refractivity contribution in [2.45, 2.75) is 27.0 Å². The molecule has 0 radical (unpaired) electrons. The van der Waals surface area contributed by atoms with Crippen LogP contribution in [-0.4, -0.2) is 68.1 Å². The summed E-state index contributed by atoms with van der Waals surface area (Å²) in [6.07, 6.45) is 0. The molecule has 1 N–H and O–H groups in total. The fourth-order valence-corrected chi connectivity index (χ4v) is 2.82. The third-order valence-corrected chi connectivity index (χ3v) is 4.25. The lowest BCUT2D eigenvalue weighted by Crippen LogP contribution is -2.53. The molecule has 0 saturated carbocycles. The Kier molecular flexibility index (Phi) is 7.63. The maximum atomic E-state index is 12.7. The summed E-state index contributed by atoms with van der Waals surface area (Å²) in [7, 11) is 1.46. The smallest absolute Gasteiger partial charge is 0.387 e. The normalized spacial score (nSPS) is 15.1. The summed E-state index contributed by atoms with van der Waals surface area (Å²) in [4.78, 5) is 19.9. The van der Waals surface area contributed by atoms with Crippen LogP contribution >= 0.6 is 0 Å². The van der Waals surface area contributed by atoms with E-state index >= 15 is 0 Å². The van der Waals surface area contributed by atoms with Crippen LogP contribution in [-0.2, 0) is 11.3 Å². The number of rotatable bonds is 6. The standard InChI is InChI=1S/C18H26F2N4O3/c1-4-21-18(24-9-7-23(8-10-24)13(2)25)22-12-14-5-6-15(26-3)11-16(14)27-17(19)20/h5-6,11,17H,4,7-10,12H2,1-3H3,(H,21,22). The van der Waals surface area contributed by atoms with E-state index in [1.54, 1.807) is 24.0 Å². The molecule has 0 atom stereocenters. The van der Waals surface area contributed by atoms with Gasteiger partial charge in [0.15, 0.2) is 5.96 Å². The fourth-order valence-electron chi connectivity index (χ4n) is 2.82. The van der Waals surface area contributed by atoms with Gasteiger partial charge in [0.1, 0.15) is 11.5 Å². The third kappa shape index (κ3) is 5.97. The lowest BCUT2D eigenvalue weighted by molar-refractivity contribution is -0.130. The van der Waals surface area contributed by atoms with E-state index in [2.05, 4.69) is 19.9 Å². The fraction of sp³-hybridized carbons (Fsp3) is 0.556. The van der Waals surface area contributed by atoms with Crippen molar-refractivity contribution in [1.82, 2.24) is 15.1 Å². The number of amides is 1. The molecule has 0 spiro atoms. The van der Waals surface area contributed by atoms with E-state index < -0.39 is 6.61 Å². The molecule has 1 fully saturated rings. The van der Waals surface area contributed by atoms with Crippen LogP contribution in [0, 0.1) is 0 Å². The molecular formula is C18H26F2N4O3. The van der Waals surface area contributed by atoms with Gasteiger partial charge in [-0.15, -0.1) is 0 Å². The van der Waals surface area contributed by atoms with Gasteiger partial charge in [-0.25, -0.2) is 4.99 Å². The van der Waals surface area contributed by atoms with Gasteiger partial charge in [-0.05, 0) is 19.1 Å². The molecular weight excluding hydrogens is 358 g/mol. The van der Waals surface area contributed by atoms with Crippen molar-refractivity contribution in [2.75, 3.05) is 39.8 Å². The third-order valence-electron chi connectivity index (χ3n) is 4.25. The molecule has 0 aliphatic carbocycles. The average molecular weight is 384 g/mol. The Hall–Kier alpha value is -2.58. The van der Waals surface area contributed by atoms with Crippen LogP contribution < -0.4 is 14.8 Å². The molecule has 0 bridgehead atoms. The number of halogens is 2. The van der Waals surface area contributed by atoms with Crippen molar-refractivity contribution in [3.05, 3.63) is 23.8 Å². The zero-order chi connectivity index (χ0) is 19.8. The lowest BCUT2D eigenvalue weighted by Gasteiger charge is -2.36. The Labute approximate surface area is 157 Å². The highest BCUT2D eigenvalue weighted by molar-refractivity contribution is 5.80. The van der Waals surface area contributed by atoms with Gasteiger partial charge in [-0.2, -0.15) is 8.78 Å². The number of nitrogens with one attached hydrogen (secondary N) is 1. The number of ether oxygens (including phenoxy) is 2. The van der Waals surface area contributed by atoms with Gasteiger partial charge < -0.3 is 24.6 Å². The number of hydrogen-bond acceptors (Lipinski definition) is 4. The first-order chi connectivity index (χ1) is 12.9. The highest BCUT2D eigenvalue weighted by Gasteiger charge is 2.21. The maximum absolute atomic E-state index is 12.7. The molecule has 1 heterocycles. The Morgan fingerprint density at radius 1 is 1.26 bits per heavy atom. The van der Waals surface area contributed by atoms with Crippen molar-refractivity contribution in [3.63, 3.8) is 0 Å². The van der Waals surface area contributed by atoms with Gasteiger partial charge in [-0.1, -0.05) is 0 Å². The monoisotopic (exact) mass is 384 g/mol. The van der Waals surface area contributed by atoms with E-state index in [0.29, 0.717) is 50.0 Å². The van der Waals surface area contributed by atoms with Crippen molar-refractivity contribution in [3.8, 4) is 11.5 Å². The highest BCUT2D eigenvalue weighted by Crippen LogP contribution is 2.27. The molecule has 1 aliphatic heterocycles. The van der Waals surface area contributed by atoms with Crippen molar-refractivity contribution < 1.29 is 23.0 Å². The predicted octanol–water partition coefficient (Wildman–Crippen LogP) is 1.93. The number of carbonyl (C=O) groups is 1. The first kappa shape index (κ1) is 20.7. The van der Waals surface area contributed by atoms with Crippen molar-refractivity contribution in [1.29, 1.82) is 0 Å². The first-order valence-corrected chi connectivity index (χ1v) is 8.85. The zero-order valence-electron chi connectivity index (χ0n) is 15.9. The number of methoxy groups -OCH3 is 1. The van der Waals surface area contributed by atoms with Crippen LogP contribution in [0.15, 0.2) is 23.2 Å². The van der Waals surface area contributed by atoms with Gasteiger partial charge in [0, 0.05) is 51.3 Å². The zero-order valence-corrected chi connectivity index (χ0v) is 15.9. The summed E-state index contributed by atoms with van der Waals surface area (Å²) < 4.78 is 35.1. The van der Waals surface area contributed by atoms with Crippen LogP contribution in [0.3, 0.4) is 0 Å². The van der Waals surface area contributed by atoms with Crippen LogP contribution in [0.1, 0.15) is 19.4 Å². The van der Waals surface area contributed by atoms with Crippen LogP contribution in [0.5, 0.6) is 11.5 Å². The summed E-state index contributed by atoms with van der Waals surface area (Å²) in [5, 5.41) is 3.21. The molecule has 1 aromatic rings. The second-order valence-corrected chi connectivity index (χ2v) is 6.02. The Bertz CT molecular complexity index is 662. The molecule has 9 heteroatoms. The lowest BCUT2D eigenvalue weighted by atomic mass is 10.2. The topological polar surface area (TPSA) is 66.4 Å². The minimum atomic E-state index is -2.92. The molecule has 1 aliphatic rings. The van der Waals surface area contributed by atoms with E-state index in [1.165, 1.54) is 13.2 Å². The quantitative estimate of drug-likeness (QED) is 0.600. The molecule has 27 heavy (non-hydrogen) atoms. The van der Waals surface area contributed by atoms with Crippen LogP contribution in [0.2, 0.25) is 0 Å². The van der Waals surface area contributed by atoms with Gasteiger partial charge in [0.2, 0.25) is 5.91 Å². The number of guanidine groups is 1. The van der Waals surface area contributed by atoms with Gasteiger partial charge in [0.05, 0.1) is 13.7 Å². The number of hydrogen-bond donors (Lipinski definition) is 1. The Morgan fingerprint density at radius 3 is 2.48 bits per heavy atom. The number of benzene rings is 1. The predicted molar refractivity (Wildman–Crippen MR) is 98.3 cm³/mol. The average Bonchev–Trinajstić information content (AvgIpc) is 2.65. The number of alkyl halides is 2. The Balaban J connectivity index is 2.13. The highest BCUT2D eigenvalue weighted by atomic mass is 19.3. The van der Waals surface area contributed by atoms with Gasteiger partial charge in [0.25, 0.3) is 0 Å². The molecule has 0 aromatic heterocycles. The summed E-state index contributed by atoms with van der Waals surface area (Å²) >= 11 is 0. The largest absolute Gasteiger partial charge is 0.497 e. The van der Waals surface area contributed by atoms with E-state index in [1.807, 2.05) is 6.92 Å². The molecule has 1 aromatic carbocycles. The summed E-state index contributed by atoms with van der Waals surface area (Å²) in [5.41, 5.74) is 0.536. The van der Waals surface area contributed by atoms with Crippen molar-refractivity contribution in [2.24, 2.45) is 4.99 Å². The van der Waals surface area contributed by atoms with E-state index in [0.717, 1.165) is 0 Å². The van der Waals surface area contributed by atoms with Crippen LogP contribution in [0.25, 0.3) is 0 Å². The summed E-state index contributed by atoms with van der Waals surface area (Å²) in [6, 6.07) is 4.77. The van der Waals surface area contributed by atoms with E-state index in [-0.39, 0.29) is 18.2 Å². The second-order valence-electron chi connectivity index (χ2n) is 6.02. The number of piperazine rings is 1. The van der Waals surface area contributed by atoms with E-state index in [9.17, 15) is 13.6 Å². The molecule has 1 amide bonds. The Morgan fingerprint density at radius 2 is 1.93 bits per heavy atom. The SMILES string of the molecule is CCNC(=NCc1ccc(OC)cc1OC(F)F)N1CCN(C(C)=O)CC1. The number of carbonyl (C=O) groups excluding carboxylic acids is 1. The van der Waals surface area contributed by atoms with Crippen molar-refractivity contribution >= 4 is 11.9 Å². The molecule has 2 rings (SSSR count). The van der Waals surface area contributed by atoms with Gasteiger partial charge in [-0.3, -0.25) is 4.79 Å². The van der Waals surface area contributed by atoms with Gasteiger partial charge >= 0.3 is 6.61 Å². The molecule has 0 unspecified atom stereocenters. The second kappa shape index (κ2) is 9.94. The first-order valence-electron chi connectivity index (χ1n) is 8.85. The summed E-state index contributed by atoms with van der Waals surface area (Å²) in [5.74, 6) is 1.22. The minimum absolute atomic E-state index is 0.0466. The van der Waals surface area contributed by atoms with E-state index in [4.69, 9.17) is 4.74 Å². The molecule has 1 saturated heterocycles. The minimum Gasteiger partial charge on any atom is -0.497 e. The summed E-state index contributed by atoms with van der Waals surface area (Å²) in [6.45, 7) is 4.03. The van der Waals surface area contributed by atoms with Crippen LogP contribution in [0.4, 0.5) is 8.78 Å². The maximum Gasteiger partial charge on any atom is 0.387 e.